The van der Waals surface area contributed by atoms with Crippen molar-refractivity contribution in [3.63, 3.8) is 0 Å². The van der Waals surface area contributed by atoms with Crippen LogP contribution < -0.4 is 4.90 Å². The third-order valence-corrected chi connectivity index (χ3v) is 5.63. The van der Waals surface area contributed by atoms with Crippen molar-refractivity contribution >= 4 is 5.69 Å². The first-order valence-corrected chi connectivity index (χ1v) is 8.57. The summed E-state index contributed by atoms with van der Waals surface area (Å²) in [6.45, 7) is 12.7. The molecule has 2 fully saturated rings. The van der Waals surface area contributed by atoms with Crippen LogP contribution in [0.3, 0.4) is 0 Å². The summed E-state index contributed by atoms with van der Waals surface area (Å²) in [7, 11) is 0. The Kier molecular flexibility index (Phi) is 4.00. The van der Waals surface area contributed by atoms with Crippen molar-refractivity contribution in [1.29, 1.82) is 0 Å². The van der Waals surface area contributed by atoms with Gasteiger partial charge in [-0.3, -0.25) is 4.90 Å². The summed E-state index contributed by atoms with van der Waals surface area (Å²) < 4.78 is 0. The lowest BCUT2D eigenvalue weighted by atomic mass is 9.82. The van der Waals surface area contributed by atoms with Crippen molar-refractivity contribution < 1.29 is 0 Å². The quantitative estimate of drug-likeness (QED) is 0.794. The molecular formula is C19H30N2. The minimum atomic E-state index is 0.444. The van der Waals surface area contributed by atoms with Crippen LogP contribution in [0.25, 0.3) is 0 Å². The number of hydrogen-bond donors (Lipinski definition) is 0. The highest BCUT2D eigenvalue weighted by molar-refractivity contribution is 5.60. The van der Waals surface area contributed by atoms with Gasteiger partial charge in [0.15, 0.2) is 0 Å². The summed E-state index contributed by atoms with van der Waals surface area (Å²) in [6, 6.07) is 4.65. The van der Waals surface area contributed by atoms with E-state index in [1.807, 2.05) is 0 Å². The standard InChI is InChI=1S/C19H30N2/c1-15-12-16(2)18(17(3)13-15)20-10-11-21(14-20)19(4)8-6-5-7-9-19/h12-13H,5-11,14H2,1-4H3. The number of hydrogen-bond acceptors (Lipinski definition) is 2. The van der Waals surface area contributed by atoms with Gasteiger partial charge in [-0.2, -0.15) is 0 Å². The average molecular weight is 286 g/mol. The second-order valence-electron chi connectivity index (χ2n) is 7.47. The van der Waals surface area contributed by atoms with E-state index in [4.69, 9.17) is 0 Å². The van der Waals surface area contributed by atoms with Crippen LogP contribution in [0.2, 0.25) is 0 Å². The first-order chi connectivity index (χ1) is 9.99. The van der Waals surface area contributed by atoms with Crippen LogP contribution in [0.5, 0.6) is 0 Å². The lowest BCUT2D eigenvalue weighted by Gasteiger charge is -2.42. The highest BCUT2D eigenvalue weighted by Gasteiger charge is 2.37. The van der Waals surface area contributed by atoms with Gasteiger partial charge in [-0.05, 0) is 51.7 Å². The van der Waals surface area contributed by atoms with Crippen LogP contribution in [0.4, 0.5) is 5.69 Å². The molecule has 1 heterocycles. The monoisotopic (exact) mass is 286 g/mol. The van der Waals surface area contributed by atoms with E-state index in [-0.39, 0.29) is 0 Å². The van der Waals surface area contributed by atoms with Crippen molar-refractivity contribution in [1.82, 2.24) is 4.90 Å². The molecule has 1 aliphatic carbocycles. The van der Waals surface area contributed by atoms with Crippen LogP contribution in [-0.2, 0) is 0 Å². The molecule has 1 aromatic carbocycles. The first kappa shape index (κ1) is 14.9. The number of anilines is 1. The Morgan fingerprint density at radius 1 is 0.905 bits per heavy atom. The molecule has 0 radical (unpaired) electrons. The topological polar surface area (TPSA) is 6.48 Å². The molecule has 0 amide bonds. The highest BCUT2D eigenvalue weighted by atomic mass is 15.4. The molecule has 2 aliphatic rings. The van der Waals surface area contributed by atoms with Crippen molar-refractivity contribution in [2.45, 2.75) is 65.3 Å². The third-order valence-electron chi connectivity index (χ3n) is 5.63. The van der Waals surface area contributed by atoms with Gasteiger partial charge in [-0.25, -0.2) is 0 Å². The van der Waals surface area contributed by atoms with E-state index in [0.29, 0.717) is 5.54 Å². The molecule has 21 heavy (non-hydrogen) atoms. The van der Waals surface area contributed by atoms with Crippen LogP contribution in [-0.4, -0.2) is 30.2 Å². The van der Waals surface area contributed by atoms with E-state index in [0.717, 1.165) is 6.67 Å². The van der Waals surface area contributed by atoms with Crippen molar-refractivity contribution in [3.05, 3.63) is 28.8 Å². The summed E-state index contributed by atoms with van der Waals surface area (Å²) in [5, 5.41) is 0. The molecule has 2 heteroatoms. The summed E-state index contributed by atoms with van der Waals surface area (Å²) in [6.07, 6.45) is 7.02. The minimum absolute atomic E-state index is 0.444. The smallest absolute Gasteiger partial charge is 0.0712 e. The minimum Gasteiger partial charge on any atom is -0.357 e. The fourth-order valence-corrected chi connectivity index (χ4v) is 4.51. The van der Waals surface area contributed by atoms with Crippen LogP contribution in [0, 0.1) is 20.8 Å². The molecule has 116 valence electrons. The summed E-state index contributed by atoms with van der Waals surface area (Å²) >= 11 is 0. The van der Waals surface area contributed by atoms with E-state index in [2.05, 4.69) is 49.6 Å². The second kappa shape index (κ2) is 5.64. The number of benzene rings is 1. The summed E-state index contributed by atoms with van der Waals surface area (Å²) in [5.41, 5.74) is 6.16. The van der Waals surface area contributed by atoms with Crippen molar-refractivity contribution in [2.24, 2.45) is 0 Å². The number of nitrogens with zero attached hydrogens (tertiary/aromatic N) is 2. The largest absolute Gasteiger partial charge is 0.357 e. The molecule has 0 spiro atoms. The van der Waals surface area contributed by atoms with Crippen molar-refractivity contribution in [3.8, 4) is 0 Å². The fourth-order valence-electron chi connectivity index (χ4n) is 4.51. The lowest BCUT2D eigenvalue weighted by Crippen LogP contribution is -2.47. The van der Waals surface area contributed by atoms with Gasteiger partial charge < -0.3 is 4.90 Å². The van der Waals surface area contributed by atoms with E-state index >= 15 is 0 Å². The van der Waals surface area contributed by atoms with Crippen LogP contribution in [0.1, 0.15) is 55.7 Å². The molecule has 0 N–H and O–H groups in total. The molecule has 1 saturated carbocycles. The fraction of sp³-hybridized carbons (Fsp3) is 0.684. The van der Waals surface area contributed by atoms with E-state index in [9.17, 15) is 0 Å². The van der Waals surface area contributed by atoms with E-state index < -0.39 is 0 Å². The van der Waals surface area contributed by atoms with Gasteiger partial charge in [0.05, 0.1) is 6.67 Å². The maximum absolute atomic E-state index is 2.74. The predicted molar refractivity (Wildman–Crippen MR) is 91.1 cm³/mol. The zero-order chi connectivity index (χ0) is 15.0. The molecular weight excluding hydrogens is 256 g/mol. The molecule has 0 atom stereocenters. The maximum atomic E-state index is 2.74. The van der Waals surface area contributed by atoms with Crippen LogP contribution >= 0.6 is 0 Å². The number of rotatable bonds is 2. The first-order valence-electron chi connectivity index (χ1n) is 8.57. The Balaban J connectivity index is 1.78. The molecule has 0 bridgehead atoms. The molecule has 0 aromatic heterocycles. The Morgan fingerprint density at radius 2 is 1.52 bits per heavy atom. The third kappa shape index (κ3) is 2.83. The zero-order valence-corrected chi connectivity index (χ0v) is 14.2. The van der Waals surface area contributed by atoms with Gasteiger partial charge >= 0.3 is 0 Å². The van der Waals surface area contributed by atoms with Gasteiger partial charge in [0.2, 0.25) is 0 Å². The lowest BCUT2D eigenvalue weighted by molar-refractivity contribution is 0.0924. The highest BCUT2D eigenvalue weighted by Crippen LogP contribution is 2.36. The van der Waals surface area contributed by atoms with Gasteiger partial charge in [-0.15, -0.1) is 0 Å². The van der Waals surface area contributed by atoms with Gasteiger partial charge in [0, 0.05) is 24.3 Å². The van der Waals surface area contributed by atoms with Gasteiger partial charge in [-0.1, -0.05) is 37.0 Å². The SMILES string of the molecule is Cc1cc(C)c(N2CCN(C3(C)CCCCC3)C2)c(C)c1. The average Bonchev–Trinajstić information content (AvgIpc) is 2.88. The Morgan fingerprint density at radius 3 is 2.14 bits per heavy atom. The molecule has 1 aliphatic heterocycles. The van der Waals surface area contributed by atoms with E-state index in [1.165, 1.54) is 67.6 Å². The molecule has 2 nitrogen and oxygen atoms in total. The normalized spacial score (nSPS) is 22.8. The maximum Gasteiger partial charge on any atom is 0.0712 e. The predicted octanol–water partition coefficient (Wildman–Crippen LogP) is 4.41. The summed E-state index contributed by atoms with van der Waals surface area (Å²) in [4.78, 5) is 5.34. The van der Waals surface area contributed by atoms with Crippen molar-refractivity contribution in [2.75, 3.05) is 24.7 Å². The van der Waals surface area contributed by atoms with Gasteiger partial charge in [0.1, 0.15) is 0 Å². The Bertz CT molecular complexity index is 491. The Hall–Kier alpha value is -1.02. The Labute approximate surface area is 130 Å². The summed E-state index contributed by atoms with van der Waals surface area (Å²) in [5.74, 6) is 0. The van der Waals surface area contributed by atoms with Crippen LogP contribution in [0.15, 0.2) is 12.1 Å². The molecule has 1 aromatic rings. The van der Waals surface area contributed by atoms with Gasteiger partial charge in [0.25, 0.3) is 0 Å². The molecule has 0 unspecified atom stereocenters. The molecule has 1 saturated heterocycles. The molecule has 3 rings (SSSR count). The zero-order valence-electron chi connectivity index (χ0n) is 14.2. The second-order valence-corrected chi connectivity index (χ2v) is 7.47. The van der Waals surface area contributed by atoms with E-state index in [1.54, 1.807) is 0 Å². The number of aryl methyl sites for hydroxylation is 3.